The third-order valence-corrected chi connectivity index (χ3v) is 3.88. The van der Waals surface area contributed by atoms with Crippen molar-refractivity contribution in [3.8, 4) is 0 Å². The first-order valence-corrected chi connectivity index (χ1v) is 7.08. The smallest absolute Gasteiger partial charge is 0.0570 e. The van der Waals surface area contributed by atoms with Crippen molar-refractivity contribution in [3.05, 3.63) is 30.1 Å². The highest BCUT2D eigenvalue weighted by atomic mass is 15.2. The number of aromatic nitrogens is 1. The monoisotopic (exact) mass is 247 g/mol. The molecule has 1 aliphatic rings. The van der Waals surface area contributed by atoms with Gasteiger partial charge in [-0.05, 0) is 58.8 Å². The van der Waals surface area contributed by atoms with Gasteiger partial charge >= 0.3 is 0 Å². The van der Waals surface area contributed by atoms with E-state index in [1.54, 1.807) is 0 Å². The summed E-state index contributed by atoms with van der Waals surface area (Å²) in [6.45, 7) is 9.19. The zero-order valence-electron chi connectivity index (χ0n) is 11.8. The Kier molecular flexibility index (Phi) is 4.72. The van der Waals surface area contributed by atoms with Crippen LogP contribution in [0, 0.1) is 0 Å². The highest BCUT2D eigenvalue weighted by Crippen LogP contribution is 2.17. The molecule has 0 spiro atoms. The van der Waals surface area contributed by atoms with E-state index in [1.165, 1.54) is 25.9 Å². The Morgan fingerprint density at radius 3 is 2.50 bits per heavy atom. The molecule has 1 aromatic rings. The lowest BCUT2D eigenvalue weighted by Crippen LogP contribution is -2.45. The van der Waals surface area contributed by atoms with Gasteiger partial charge in [0.25, 0.3) is 0 Å². The number of likely N-dealkylation sites (tertiary alicyclic amines) is 1. The Bertz CT molecular complexity index is 342. The standard InChI is InChI=1S/C15H25N3/c1-12(2)18-10-7-14(8-11-18)17-13(3)15-6-4-5-9-16-15/h4-6,9,12-14,17H,7-8,10-11H2,1-3H3. The summed E-state index contributed by atoms with van der Waals surface area (Å²) in [4.78, 5) is 6.97. The Labute approximate surface area is 111 Å². The molecule has 0 aliphatic carbocycles. The molecule has 1 fully saturated rings. The SMILES string of the molecule is CC(NC1CCN(C(C)C)CC1)c1ccccn1. The average molecular weight is 247 g/mol. The molecule has 0 amide bonds. The highest BCUT2D eigenvalue weighted by Gasteiger charge is 2.22. The van der Waals surface area contributed by atoms with Crippen molar-refractivity contribution in [1.29, 1.82) is 0 Å². The van der Waals surface area contributed by atoms with E-state index in [2.05, 4.69) is 48.1 Å². The molecule has 1 aromatic heterocycles. The molecule has 1 atom stereocenters. The predicted octanol–water partition coefficient (Wildman–Crippen LogP) is 2.61. The molecule has 3 heteroatoms. The minimum Gasteiger partial charge on any atom is -0.306 e. The van der Waals surface area contributed by atoms with Gasteiger partial charge < -0.3 is 10.2 Å². The van der Waals surface area contributed by atoms with E-state index < -0.39 is 0 Å². The van der Waals surface area contributed by atoms with Gasteiger partial charge in [0, 0.05) is 24.3 Å². The van der Waals surface area contributed by atoms with Crippen LogP contribution >= 0.6 is 0 Å². The van der Waals surface area contributed by atoms with Crippen LogP contribution in [-0.4, -0.2) is 35.1 Å². The molecule has 1 saturated heterocycles. The summed E-state index contributed by atoms with van der Waals surface area (Å²) in [5.74, 6) is 0. The van der Waals surface area contributed by atoms with Gasteiger partial charge in [0.05, 0.1) is 5.69 Å². The summed E-state index contributed by atoms with van der Waals surface area (Å²) in [6, 6.07) is 7.79. The van der Waals surface area contributed by atoms with Crippen LogP contribution in [0.15, 0.2) is 24.4 Å². The first-order valence-electron chi connectivity index (χ1n) is 7.08. The summed E-state index contributed by atoms with van der Waals surface area (Å²) in [7, 11) is 0. The lowest BCUT2D eigenvalue weighted by atomic mass is 10.0. The second kappa shape index (κ2) is 6.30. The van der Waals surface area contributed by atoms with Crippen molar-refractivity contribution >= 4 is 0 Å². The van der Waals surface area contributed by atoms with Gasteiger partial charge in [0.15, 0.2) is 0 Å². The van der Waals surface area contributed by atoms with Crippen molar-refractivity contribution in [2.45, 2.75) is 51.7 Å². The van der Waals surface area contributed by atoms with Gasteiger partial charge in [-0.3, -0.25) is 4.98 Å². The van der Waals surface area contributed by atoms with Gasteiger partial charge in [-0.25, -0.2) is 0 Å². The molecule has 1 unspecified atom stereocenters. The third kappa shape index (κ3) is 3.53. The summed E-state index contributed by atoms with van der Waals surface area (Å²) in [5, 5.41) is 3.71. The van der Waals surface area contributed by atoms with Crippen LogP contribution in [0.3, 0.4) is 0 Å². The molecule has 2 heterocycles. The van der Waals surface area contributed by atoms with E-state index in [9.17, 15) is 0 Å². The van der Waals surface area contributed by atoms with Gasteiger partial charge in [-0.1, -0.05) is 6.07 Å². The van der Waals surface area contributed by atoms with Crippen molar-refractivity contribution in [3.63, 3.8) is 0 Å². The molecule has 0 saturated carbocycles. The fraction of sp³-hybridized carbons (Fsp3) is 0.667. The number of hydrogen-bond acceptors (Lipinski definition) is 3. The van der Waals surface area contributed by atoms with E-state index in [4.69, 9.17) is 0 Å². The summed E-state index contributed by atoms with van der Waals surface area (Å²) >= 11 is 0. The van der Waals surface area contributed by atoms with Crippen LogP contribution in [0.2, 0.25) is 0 Å². The number of pyridine rings is 1. The molecule has 0 radical (unpaired) electrons. The van der Waals surface area contributed by atoms with Crippen LogP contribution in [0.1, 0.15) is 45.3 Å². The van der Waals surface area contributed by atoms with E-state index in [0.29, 0.717) is 18.1 Å². The molecular formula is C15H25N3. The summed E-state index contributed by atoms with van der Waals surface area (Å²) < 4.78 is 0. The minimum absolute atomic E-state index is 0.349. The van der Waals surface area contributed by atoms with Gasteiger partial charge in [0.1, 0.15) is 0 Å². The van der Waals surface area contributed by atoms with Gasteiger partial charge in [0.2, 0.25) is 0 Å². The summed E-state index contributed by atoms with van der Waals surface area (Å²) in [5.41, 5.74) is 1.14. The van der Waals surface area contributed by atoms with E-state index in [0.717, 1.165) is 5.69 Å². The molecule has 0 bridgehead atoms. The Balaban J connectivity index is 1.81. The number of nitrogens with one attached hydrogen (secondary N) is 1. The normalized spacial score (nSPS) is 20.2. The van der Waals surface area contributed by atoms with Crippen LogP contribution < -0.4 is 5.32 Å². The topological polar surface area (TPSA) is 28.2 Å². The second-order valence-corrected chi connectivity index (χ2v) is 5.55. The number of piperidine rings is 1. The molecule has 2 rings (SSSR count). The van der Waals surface area contributed by atoms with Crippen LogP contribution in [0.5, 0.6) is 0 Å². The Morgan fingerprint density at radius 1 is 1.22 bits per heavy atom. The number of rotatable bonds is 4. The molecule has 3 nitrogen and oxygen atoms in total. The molecule has 18 heavy (non-hydrogen) atoms. The van der Waals surface area contributed by atoms with E-state index >= 15 is 0 Å². The lowest BCUT2D eigenvalue weighted by molar-refractivity contribution is 0.157. The third-order valence-electron chi connectivity index (χ3n) is 3.88. The van der Waals surface area contributed by atoms with Crippen LogP contribution in [0.4, 0.5) is 0 Å². The first kappa shape index (κ1) is 13.5. The largest absolute Gasteiger partial charge is 0.306 e. The average Bonchev–Trinajstić information content (AvgIpc) is 2.40. The van der Waals surface area contributed by atoms with E-state index in [-0.39, 0.29) is 0 Å². The maximum atomic E-state index is 4.41. The van der Waals surface area contributed by atoms with Crippen molar-refractivity contribution in [2.24, 2.45) is 0 Å². The van der Waals surface area contributed by atoms with Gasteiger partial charge in [-0.15, -0.1) is 0 Å². The maximum absolute atomic E-state index is 4.41. The maximum Gasteiger partial charge on any atom is 0.0570 e. The Hall–Kier alpha value is -0.930. The lowest BCUT2D eigenvalue weighted by Gasteiger charge is -2.36. The van der Waals surface area contributed by atoms with Crippen molar-refractivity contribution < 1.29 is 0 Å². The van der Waals surface area contributed by atoms with Crippen LogP contribution in [-0.2, 0) is 0 Å². The summed E-state index contributed by atoms with van der Waals surface area (Å²) in [6.07, 6.45) is 4.36. The van der Waals surface area contributed by atoms with Gasteiger partial charge in [-0.2, -0.15) is 0 Å². The minimum atomic E-state index is 0.349. The zero-order valence-corrected chi connectivity index (χ0v) is 11.8. The number of hydrogen-bond donors (Lipinski definition) is 1. The predicted molar refractivity (Wildman–Crippen MR) is 75.5 cm³/mol. The molecule has 100 valence electrons. The molecule has 0 aromatic carbocycles. The first-order chi connectivity index (χ1) is 8.66. The Morgan fingerprint density at radius 2 is 1.94 bits per heavy atom. The second-order valence-electron chi connectivity index (χ2n) is 5.55. The zero-order chi connectivity index (χ0) is 13.0. The molecular weight excluding hydrogens is 222 g/mol. The number of nitrogens with zero attached hydrogens (tertiary/aromatic N) is 2. The molecule has 1 aliphatic heterocycles. The fourth-order valence-corrected chi connectivity index (χ4v) is 2.65. The quantitative estimate of drug-likeness (QED) is 0.886. The van der Waals surface area contributed by atoms with Crippen molar-refractivity contribution in [2.75, 3.05) is 13.1 Å². The highest BCUT2D eigenvalue weighted by molar-refractivity contribution is 5.08. The molecule has 1 N–H and O–H groups in total. The van der Waals surface area contributed by atoms with Crippen molar-refractivity contribution in [1.82, 2.24) is 15.2 Å². The van der Waals surface area contributed by atoms with Crippen LogP contribution in [0.25, 0.3) is 0 Å². The fourth-order valence-electron chi connectivity index (χ4n) is 2.65. The van der Waals surface area contributed by atoms with E-state index in [1.807, 2.05) is 12.3 Å².